The van der Waals surface area contributed by atoms with Gasteiger partial charge >= 0.3 is 6.03 Å². The van der Waals surface area contributed by atoms with E-state index in [4.69, 9.17) is 4.74 Å². The number of fused-ring (bicyclic) bond motifs is 4. The first-order chi connectivity index (χ1) is 11.2. The summed E-state index contributed by atoms with van der Waals surface area (Å²) in [6.07, 6.45) is -0.636. The Kier molecular flexibility index (Phi) is 3.08. The highest BCUT2D eigenvalue weighted by molar-refractivity contribution is 5.97. The normalized spacial score (nSPS) is 25.2. The summed E-state index contributed by atoms with van der Waals surface area (Å²) in [5, 5.41) is 2.97. The topological polar surface area (TPSA) is 58.6 Å². The van der Waals surface area contributed by atoms with Crippen molar-refractivity contribution in [3.05, 3.63) is 60.2 Å². The molecule has 2 aromatic rings. The molecule has 0 aromatic heterocycles. The number of nitrogens with one attached hydrogen (secondary N) is 1. The molecule has 0 saturated carbocycles. The zero-order valence-electron chi connectivity index (χ0n) is 12.6. The monoisotopic (exact) mass is 308 g/mol. The Morgan fingerprint density at radius 1 is 1.09 bits per heavy atom. The van der Waals surface area contributed by atoms with Gasteiger partial charge in [-0.05, 0) is 25.1 Å². The fourth-order valence-electron chi connectivity index (χ4n) is 3.39. The molecule has 5 heteroatoms. The molecule has 116 valence electrons. The van der Waals surface area contributed by atoms with E-state index >= 15 is 0 Å². The SMILES string of the molecule is CC(=O)C1C2NC(=O)N(c3ccccc3)C1Oc1ccccc12. The lowest BCUT2D eigenvalue weighted by Crippen LogP contribution is -2.64. The molecule has 2 aliphatic rings. The van der Waals surface area contributed by atoms with E-state index in [2.05, 4.69) is 5.32 Å². The Morgan fingerprint density at radius 2 is 1.78 bits per heavy atom. The summed E-state index contributed by atoms with van der Waals surface area (Å²) in [6, 6.07) is 16.2. The largest absolute Gasteiger partial charge is 0.469 e. The van der Waals surface area contributed by atoms with E-state index < -0.39 is 12.1 Å². The number of hydrogen-bond acceptors (Lipinski definition) is 3. The summed E-state index contributed by atoms with van der Waals surface area (Å²) < 4.78 is 6.06. The van der Waals surface area contributed by atoms with Crippen molar-refractivity contribution in [3.8, 4) is 5.75 Å². The Balaban J connectivity index is 1.85. The van der Waals surface area contributed by atoms with Crippen LogP contribution in [0.1, 0.15) is 18.5 Å². The summed E-state index contributed by atoms with van der Waals surface area (Å²) in [7, 11) is 0. The molecule has 5 nitrogen and oxygen atoms in total. The van der Waals surface area contributed by atoms with E-state index in [0.717, 1.165) is 5.56 Å². The van der Waals surface area contributed by atoms with Gasteiger partial charge < -0.3 is 10.1 Å². The minimum Gasteiger partial charge on any atom is -0.469 e. The minimum absolute atomic E-state index is 0.00423. The van der Waals surface area contributed by atoms with Crippen molar-refractivity contribution in [1.82, 2.24) is 5.32 Å². The number of anilines is 1. The van der Waals surface area contributed by atoms with Gasteiger partial charge in [0.05, 0.1) is 12.0 Å². The standard InChI is InChI=1S/C18H16N2O3/c1-11(21)15-16-13-9-5-6-10-14(13)23-17(15)20(18(22)19-16)12-7-3-2-4-8-12/h2-10,15-17H,1H3,(H,19,22). The second-order valence-electron chi connectivity index (χ2n) is 5.82. The van der Waals surface area contributed by atoms with E-state index in [0.29, 0.717) is 11.4 Å². The van der Waals surface area contributed by atoms with Crippen LogP contribution in [-0.4, -0.2) is 18.0 Å². The Morgan fingerprint density at radius 3 is 2.52 bits per heavy atom. The third-order valence-corrected chi connectivity index (χ3v) is 4.42. The summed E-state index contributed by atoms with van der Waals surface area (Å²) in [5.41, 5.74) is 1.56. The lowest BCUT2D eigenvalue weighted by Gasteiger charge is -2.48. The number of hydrogen-bond donors (Lipinski definition) is 1. The molecule has 23 heavy (non-hydrogen) atoms. The molecule has 2 amide bonds. The number of amides is 2. The lowest BCUT2D eigenvalue weighted by molar-refractivity contribution is -0.126. The molecule has 2 heterocycles. The number of carbonyl (C=O) groups is 2. The van der Waals surface area contributed by atoms with Gasteiger partial charge in [-0.15, -0.1) is 0 Å². The molecule has 1 fully saturated rings. The molecular weight excluding hydrogens is 292 g/mol. The zero-order chi connectivity index (χ0) is 16.0. The van der Waals surface area contributed by atoms with Gasteiger partial charge in [0.15, 0.2) is 6.23 Å². The number of urea groups is 1. The van der Waals surface area contributed by atoms with E-state index in [-0.39, 0.29) is 17.9 Å². The number of nitrogens with zero attached hydrogens (tertiary/aromatic N) is 1. The Labute approximate surface area is 133 Å². The van der Waals surface area contributed by atoms with Crippen LogP contribution in [-0.2, 0) is 4.79 Å². The van der Waals surface area contributed by atoms with Gasteiger partial charge in [0.2, 0.25) is 0 Å². The average Bonchev–Trinajstić information content (AvgIpc) is 2.55. The quantitative estimate of drug-likeness (QED) is 0.928. The van der Waals surface area contributed by atoms with Crippen molar-refractivity contribution in [1.29, 1.82) is 0 Å². The van der Waals surface area contributed by atoms with Crippen LogP contribution < -0.4 is 15.0 Å². The first-order valence-electron chi connectivity index (χ1n) is 7.57. The van der Waals surface area contributed by atoms with Crippen molar-refractivity contribution in [2.75, 3.05) is 4.90 Å². The average molecular weight is 308 g/mol. The molecule has 2 aromatic carbocycles. The fourth-order valence-corrected chi connectivity index (χ4v) is 3.39. The Bertz CT molecular complexity index is 775. The summed E-state index contributed by atoms with van der Waals surface area (Å²) in [5.74, 6) is 0.263. The van der Waals surface area contributed by atoms with Gasteiger partial charge in [-0.25, -0.2) is 4.79 Å². The maximum Gasteiger partial charge on any atom is 0.325 e. The van der Waals surface area contributed by atoms with E-state index in [1.54, 1.807) is 6.92 Å². The summed E-state index contributed by atoms with van der Waals surface area (Å²) in [6.45, 7) is 1.54. The van der Waals surface area contributed by atoms with Gasteiger partial charge in [-0.3, -0.25) is 9.69 Å². The van der Waals surface area contributed by atoms with Crippen molar-refractivity contribution in [2.45, 2.75) is 19.2 Å². The molecule has 2 bridgehead atoms. The predicted octanol–water partition coefficient (Wildman–Crippen LogP) is 2.88. The maximum absolute atomic E-state index is 12.6. The molecule has 0 spiro atoms. The molecule has 2 aliphatic heterocycles. The van der Waals surface area contributed by atoms with Crippen LogP contribution in [0.15, 0.2) is 54.6 Å². The van der Waals surface area contributed by atoms with Gasteiger partial charge in [0.25, 0.3) is 0 Å². The summed E-state index contributed by atoms with van der Waals surface area (Å²) >= 11 is 0. The molecule has 1 N–H and O–H groups in total. The molecule has 4 rings (SSSR count). The highest BCUT2D eigenvalue weighted by Crippen LogP contribution is 2.43. The zero-order valence-corrected chi connectivity index (χ0v) is 12.6. The van der Waals surface area contributed by atoms with Crippen molar-refractivity contribution < 1.29 is 14.3 Å². The molecule has 3 atom stereocenters. The molecule has 0 radical (unpaired) electrons. The highest BCUT2D eigenvalue weighted by Gasteiger charge is 2.50. The van der Waals surface area contributed by atoms with Crippen molar-refractivity contribution >= 4 is 17.5 Å². The second kappa shape index (κ2) is 5.12. The van der Waals surface area contributed by atoms with Crippen LogP contribution in [0.3, 0.4) is 0 Å². The van der Waals surface area contributed by atoms with E-state index in [1.165, 1.54) is 4.90 Å². The van der Waals surface area contributed by atoms with Gasteiger partial charge in [-0.2, -0.15) is 0 Å². The third kappa shape index (κ3) is 2.08. The lowest BCUT2D eigenvalue weighted by atomic mass is 9.83. The number of ether oxygens (including phenoxy) is 1. The van der Waals surface area contributed by atoms with Gasteiger partial charge in [-0.1, -0.05) is 36.4 Å². The molecule has 3 unspecified atom stereocenters. The molecular formula is C18H16N2O3. The first-order valence-corrected chi connectivity index (χ1v) is 7.57. The highest BCUT2D eigenvalue weighted by atomic mass is 16.5. The van der Waals surface area contributed by atoms with E-state index in [9.17, 15) is 9.59 Å². The Hall–Kier alpha value is -2.82. The smallest absolute Gasteiger partial charge is 0.325 e. The maximum atomic E-state index is 12.6. The number of Topliss-reactive ketones (excluding diaryl/α,β-unsaturated/α-hetero) is 1. The van der Waals surface area contributed by atoms with E-state index in [1.807, 2.05) is 54.6 Å². The van der Waals surface area contributed by atoms with Crippen molar-refractivity contribution in [2.24, 2.45) is 5.92 Å². The number of carbonyl (C=O) groups excluding carboxylic acids is 2. The van der Waals surface area contributed by atoms with Crippen LogP contribution >= 0.6 is 0 Å². The fraction of sp³-hybridized carbons (Fsp3) is 0.222. The molecule has 0 aliphatic carbocycles. The molecule has 1 saturated heterocycles. The van der Waals surface area contributed by atoms with Crippen LogP contribution in [0.5, 0.6) is 5.75 Å². The van der Waals surface area contributed by atoms with Crippen LogP contribution in [0, 0.1) is 5.92 Å². The number of ketones is 1. The van der Waals surface area contributed by atoms with Crippen LogP contribution in [0.4, 0.5) is 10.5 Å². The first kappa shape index (κ1) is 13.8. The predicted molar refractivity (Wildman–Crippen MR) is 85.2 cm³/mol. The number of para-hydroxylation sites is 2. The summed E-state index contributed by atoms with van der Waals surface area (Å²) in [4.78, 5) is 26.4. The number of rotatable bonds is 2. The number of benzene rings is 2. The minimum atomic E-state index is -0.636. The third-order valence-electron chi connectivity index (χ3n) is 4.42. The van der Waals surface area contributed by atoms with Gasteiger partial charge in [0.1, 0.15) is 11.5 Å². The van der Waals surface area contributed by atoms with Crippen LogP contribution in [0.2, 0.25) is 0 Å². The second-order valence-corrected chi connectivity index (χ2v) is 5.82. The van der Waals surface area contributed by atoms with Crippen LogP contribution in [0.25, 0.3) is 0 Å². The van der Waals surface area contributed by atoms with Gasteiger partial charge in [0, 0.05) is 11.3 Å². The van der Waals surface area contributed by atoms with Crippen molar-refractivity contribution in [3.63, 3.8) is 0 Å².